The molecule has 0 bridgehead atoms. The number of benzene rings is 1. The fourth-order valence-corrected chi connectivity index (χ4v) is 2.90. The van der Waals surface area contributed by atoms with Gasteiger partial charge in [0, 0.05) is 23.1 Å². The van der Waals surface area contributed by atoms with Crippen LogP contribution in [0.3, 0.4) is 0 Å². The summed E-state index contributed by atoms with van der Waals surface area (Å²) in [6.45, 7) is 3.63. The van der Waals surface area contributed by atoms with Gasteiger partial charge < -0.3 is 9.73 Å². The van der Waals surface area contributed by atoms with E-state index in [2.05, 4.69) is 20.5 Å². The molecular formula is C17H15ClN4O2S. The van der Waals surface area contributed by atoms with Gasteiger partial charge in [0.1, 0.15) is 0 Å². The lowest BCUT2D eigenvalue weighted by Gasteiger charge is -2.12. The molecule has 0 unspecified atom stereocenters. The Morgan fingerprint density at radius 1 is 1.28 bits per heavy atom. The molecule has 1 N–H and O–H groups in total. The summed E-state index contributed by atoms with van der Waals surface area (Å²) >= 11 is 7.26. The summed E-state index contributed by atoms with van der Waals surface area (Å²) in [5.74, 6) is 0.199. The molecule has 0 saturated carbocycles. The zero-order valence-electron chi connectivity index (χ0n) is 13.6. The van der Waals surface area contributed by atoms with E-state index in [1.54, 1.807) is 37.5 Å². The van der Waals surface area contributed by atoms with Crippen LogP contribution in [0.2, 0.25) is 5.02 Å². The van der Waals surface area contributed by atoms with E-state index in [1.807, 2.05) is 19.1 Å². The number of rotatable bonds is 5. The van der Waals surface area contributed by atoms with Crippen molar-refractivity contribution in [3.05, 3.63) is 53.3 Å². The van der Waals surface area contributed by atoms with E-state index in [0.29, 0.717) is 21.8 Å². The fourth-order valence-electron chi connectivity index (χ4n) is 2.05. The fraction of sp³-hybridized carbons (Fsp3) is 0.176. The van der Waals surface area contributed by atoms with Gasteiger partial charge in [0.2, 0.25) is 11.8 Å². The summed E-state index contributed by atoms with van der Waals surface area (Å²) in [6.07, 6.45) is 3.31. The predicted octanol–water partition coefficient (Wildman–Crippen LogP) is 4.21. The van der Waals surface area contributed by atoms with Crippen LogP contribution in [0.25, 0.3) is 11.5 Å². The molecule has 25 heavy (non-hydrogen) atoms. The number of anilines is 1. The molecule has 6 nitrogen and oxygen atoms in total. The van der Waals surface area contributed by atoms with Gasteiger partial charge in [-0.1, -0.05) is 29.4 Å². The van der Waals surface area contributed by atoms with Gasteiger partial charge in [0.25, 0.3) is 5.22 Å². The summed E-state index contributed by atoms with van der Waals surface area (Å²) in [7, 11) is 0. The highest BCUT2D eigenvalue weighted by Crippen LogP contribution is 2.28. The number of amides is 1. The first-order valence-corrected chi connectivity index (χ1v) is 8.77. The highest BCUT2D eigenvalue weighted by atomic mass is 35.5. The molecule has 0 aliphatic carbocycles. The third kappa shape index (κ3) is 4.18. The van der Waals surface area contributed by atoms with Crippen LogP contribution in [0, 0.1) is 6.92 Å². The molecule has 128 valence electrons. The Kier molecular flexibility index (Phi) is 5.35. The zero-order valence-corrected chi connectivity index (χ0v) is 15.1. The van der Waals surface area contributed by atoms with E-state index >= 15 is 0 Å². The monoisotopic (exact) mass is 374 g/mol. The topological polar surface area (TPSA) is 80.9 Å². The molecule has 1 amide bonds. The van der Waals surface area contributed by atoms with Crippen molar-refractivity contribution in [2.45, 2.75) is 24.3 Å². The summed E-state index contributed by atoms with van der Waals surface area (Å²) in [6, 6.07) is 9.00. The van der Waals surface area contributed by atoms with E-state index in [9.17, 15) is 4.79 Å². The maximum atomic E-state index is 12.4. The highest BCUT2D eigenvalue weighted by Gasteiger charge is 2.19. The molecule has 1 aromatic carbocycles. The van der Waals surface area contributed by atoms with Crippen LogP contribution >= 0.6 is 23.4 Å². The normalized spacial score (nSPS) is 12.0. The number of halogens is 1. The molecule has 0 aliphatic heterocycles. The number of hydrogen-bond donors (Lipinski definition) is 1. The first-order valence-electron chi connectivity index (χ1n) is 7.51. The number of carbonyl (C=O) groups is 1. The molecule has 0 fully saturated rings. The maximum absolute atomic E-state index is 12.4. The van der Waals surface area contributed by atoms with Crippen LogP contribution in [0.15, 0.2) is 52.4 Å². The van der Waals surface area contributed by atoms with Crippen LogP contribution in [-0.4, -0.2) is 26.3 Å². The number of nitrogens with zero attached hydrogens (tertiary/aromatic N) is 3. The van der Waals surface area contributed by atoms with Gasteiger partial charge in [-0.05, 0) is 43.7 Å². The largest absolute Gasteiger partial charge is 0.411 e. The second-order valence-electron chi connectivity index (χ2n) is 5.28. The van der Waals surface area contributed by atoms with Crippen LogP contribution in [-0.2, 0) is 4.79 Å². The van der Waals surface area contributed by atoms with Gasteiger partial charge in [-0.2, -0.15) is 0 Å². The van der Waals surface area contributed by atoms with Crippen molar-refractivity contribution >= 4 is 35.0 Å². The Morgan fingerprint density at radius 2 is 2.12 bits per heavy atom. The minimum absolute atomic E-state index is 0.170. The third-order valence-electron chi connectivity index (χ3n) is 3.49. The molecule has 3 rings (SSSR count). The number of carbonyl (C=O) groups excluding carboxylic acids is 1. The highest BCUT2D eigenvalue weighted by molar-refractivity contribution is 8.00. The zero-order chi connectivity index (χ0) is 17.8. The molecular weight excluding hydrogens is 360 g/mol. The van der Waals surface area contributed by atoms with E-state index < -0.39 is 5.25 Å². The van der Waals surface area contributed by atoms with Gasteiger partial charge in [0.05, 0.1) is 10.8 Å². The lowest BCUT2D eigenvalue weighted by Crippen LogP contribution is -2.22. The van der Waals surface area contributed by atoms with Crippen molar-refractivity contribution in [1.82, 2.24) is 15.2 Å². The molecule has 0 aliphatic rings. The maximum Gasteiger partial charge on any atom is 0.277 e. The number of hydrogen-bond acceptors (Lipinski definition) is 6. The second-order valence-corrected chi connectivity index (χ2v) is 6.98. The summed E-state index contributed by atoms with van der Waals surface area (Å²) in [5.41, 5.74) is 2.24. The van der Waals surface area contributed by atoms with E-state index in [-0.39, 0.29) is 5.91 Å². The summed E-state index contributed by atoms with van der Waals surface area (Å²) in [5, 5.41) is 11.3. The van der Waals surface area contributed by atoms with Gasteiger partial charge in [0.15, 0.2) is 0 Å². The standard InChI is InChI=1S/C17H15ClN4O2S/c1-10-13(18)6-3-7-14(10)20-15(23)11(2)25-17-22-21-16(24-17)12-5-4-8-19-9-12/h3-9,11H,1-2H3,(H,20,23)/t11-/m0/s1. The van der Waals surface area contributed by atoms with Crippen molar-refractivity contribution in [3.63, 3.8) is 0 Å². The van der Waals surface area contributed by atoms with Crippen LogP contribution < -0.4 is 5.32 Å². The molecule has 2 aromatic heterocycles. The first kappa shape index (κ1) is 17.4. The Balaban J connectivity index is 1.66. The van der Waals surface area contributed by atoms with Gasteiger partial charge in [-0.25, -0.2) is 0 Å². The van der Waals surface area contributed by atoms with Crippen LogP contribution in [0.1, 0.15) is 12.5 Å². The summed E-state index contributed by atoms with van der Waals surface area (Å²) in [4.78, 5) is 16.4. The molecule has 0 spiro atoms. The Hall–Kier alpha value is -2.38. The molecule has 0 saturated heterocycles. The van der Waals surface area contributed by atoms with E-state index in [1.165, 1.54) is 11.8 Å². The first-order chi connectivity index (χ1) is 12.0. The Labute approximate surface area is 154 Å². The van der Waals surface area contributed by atoms with Gasteiger partial charge >= 0.3 is 0 Å². The van der Waals surface area contributed by atoms with E-state index in [4.69, 9.17) is 16.0 Å². The minimum atomic E-state index is -0.416. The average molecular weight is 375 g/mol. The number of thioether (sulfide) groups is 1. The van der Waals surface area contributed by atoms with Crippen LogP contribution in [0.4, 0.5) is 5.69 Å². The van der Waals surface area contributed by atoms with Crippen molar-refractivity contribution < 1.29 is 9.21 Å². The molecule has 1 atom stereocenters. The van der Waals surface area contributed by atoms with Crippen molar-refractivity contribution in [1.29, 1.82) is 0 Å². The molecule has 2 heterocycles. The molecule has 8 heteroatoms. The molecule has 0 radical (unpaired) electrons. The smallest absolute Gasteiger partial charge is 0.277 e. The van der Waals surface area contributed by atoms with Gasteiger partial charge in [-0.3, -0.25) is 9.78 Å². The minimum Gasteiger partial charge on any atom is -0.411 e. The second kappa shape index (κ2) is 7.67. The Morgan fingerprint density at radius 3 is 2.88 bits per heavy atom. The SMILES string of the molecule is Cc1c(Cl)cccc1NC(=O)[C@H](C)Sc1nnc(-c2cccnc2)o1. The van der Waals surface area contributed by atoms with Crippen LogP contribution in [0.5, 0.6) is 0 Å². The lowest BCUT2D eigenvalue weighted by atomic mass is 10.2. The summed E-state index contributed by atoms with van der Waals surface area (Å²) < 4.78 is 5.58. The van der Waals surface area contributed by atoms with Crippen molar-refractivity contribution in [2.75, 3.05) is 5.32 Å². The van der Waals surface area contributed by atoms with E-state index in [0.717, 1.165) is 11.1 Å². The van der Waals surface area contributed by atoms with Gasteiger partial charge in [-0.15, -0.1) is 10.2 Å². The lowest BCUT2D eigenvalue weighted by molar-refractivity contribution is -0.115. The van der Waals surface area contributed by atoms with Crippen molar-refractivity contribution in [2.24, 2.45) is 0 Å². The number of aromatic nitrogens is 3. The third-order valence-corrected chi connectivity index (χ3v) is 4.83. The number of pyridine rings is 1. The average Bonchev–Trinajstić information content (AvgIpc) is 3.08. The molecule has 3 aromatic rings. The Bertz CT molecular complexity index is 885. The number of nitrogens with one attached hydrogen (secondary N) is 1. The predicted molar refractivity (Wildman–Crippen MR) is 97.7 cm³/mol. The quantitative estimate of drug-likeness (QED) is 0.673. The van der Waals surface area contributed by atoms with Crippen molar-refractivity contribution in [3.8, 4) is 11.5 Å².